The van der Waals surface area contributed by atoms with Crippen LogP contribution in [0, 0.1) is 0 Å². The van der Waals surface area contributed by atoms with Crippen LogP contribution >= 0.6 is 0 Å². The van der Waals surface area contributed by atoms with Crippen molar-refractivity contribution in [3.63, 3.8) is 0 Å². The molecule has 0 aliphatic carbocycles. The van der Waals surface area contributed by atoms with E-state index < -0.39 is 8.07 Å². The molecule has 0 unspecified atom stereocenters. The van der Waals surface area contributed by atoms with Crippen LogP contribution in [0.3, 0.4) is 0 Å². The molecule has 12 rings (SSSR count). The zero-order chi connectivity index (χ0) is 48.8. The molecule has 0 aliphatic heterocycles. The van der Waals surface area contributed by atoms with E-state index in [1.54, 1.807) is 0 Å². The summed E-state index contributed by atoms with van der Waals surface area (Å²) in [5, 5.41) is 5.38. The van der Waals surface area contributed by atoms with Crippen molar-refractivity contribution in [2.24, 2.45) is 0 Å². The van der Waals surface area contributed by atoms with Crippen LogP contribution in [-0.4, -0.2) is 23.0 Å². The highest BCUT2D eigenvalue weighted by Gasteiger charge is 2.41. The molecule has 0 saturated heterocycles. The normalized spacial score (nSPS) is 11.3. The first-order chi connectivity index (χ1) is 36.2. The summed E-state index contributed by atoms with van der Waals surface area (Å²) in [7, 11) is -2.82. The van der Waals surface area contributed by atoms with Crippen molar-refractivity contribution in [2.75, 3.05) is 0 Å². The number of hydrogen-bond donors (Lipinski definition) is 0. The Morgan fingerprint density at radius 1 is 0.192 bits per heavy atom. The summed E-state index contributed by atoms with van der Waals surface area (Å²) >= 11 is 0. The summed E-state index contributed by atoms with van der Waals surface area (Å²) < 4.78 is 0. The Kier molecular flexibility index (Phi) is 12.4. The van der Waals surface area contributed by atoms with Crippen LogP contribution in [0.5, 0.6) is 0 Å². The summed E-state index contributed by atoms with van der Waals surface area (Å²) in [5.74, 6) is 1.93. The Bertz CT molecular complexity index is 3630. The van der Waals surface area contributed by atoms with E-state index in [1.165, 1.54) is 54.1 Å². The van der Waals surface area contributed by atoms with Crippen molar-refractivity contribution in [1.29, 1.82) is 0 Å². The maximum absolute atomic E-state index is 4.98. The van der Waals surface area contributed by atoms with Gasteiger partial charge in [-0.1, -0.05) is 285 Å². The van der Waals surface area contributed by atoms with Gasteiger partial charge in [-0.15, -0.1) is 0 Å². The van der Waals surface area contributed by atoms with Crippen molar-refractivity contribution in [3.05, 3.63) is 297 Å². The fourth-order valence-electron chi connectivity index (χ4n) is 10.4. The topological polar surface area (TPSA) is 38.7 Å². The zero-order valence-electron chi connectivity index (χ0n) is 40.1. The quantitative estimate of drug-likeness (QED) is 0.0905. The number of hydrogen-bond acceptors (Lipinski definition) is 3. The van der Waals surface area contributed by atoms with Gasteiger partial charge in [-0.05, 0) is 88.5 Å². The van der Waals surface area contributed by atoms with Gasteiger partial charge in [-0.25, -0.2) is 15.0 Å². The van der Waals surface area contributed by atoms with Crippen molar-refractivity contribution in [2.45, 2.75) is 0 Å². The van der Waals surface area contributed by atoms with Crippen LogP contribution in [0.15, 0.2) is 297 Å². The van der Waals surface area contributed by atoms with Gasteiger partial charge >= 0.3 is 0 Å². The third-order valence-electron chi connectivity index (χ3n) is 13.9. The van der Waals surface area contributed by atoms with Crippen LogP contribution in [0.1, 0.15) is 0 Å². The highest BCUT2D eigenvalue weighted by atomic mass is 28.3. The lowest BCUT2D eigenvalue weighted by Crippen LogP contribution is -2.74. The first-order valence-corrected chi connectivity index (χ1v) is 26.8. The van der Waals surface area contributed by atoms with Gasteiger partial charge in [0.05, 0.1) is 0 Å². The molecule has 0 spiro atoms. The van der Waals surface area contributed by atoms with E-state index in [9.17, 15) is 0 Å². The lowest BCUT2D eigenvalue weighted by atomic mass is 9.84. The fraction of sp³-hybridized carbons (Fsp3) is 0. The zero-order valence-corrected chi connectivity index (χ0v) is 41.1. The van der Waals surface area contributed by atoms with E-state index >= 15 is 0 Å². The minimum absolute atomic E-state index is 0.635. The molecule has 1 aromatic heterocycles. The second-order valence-electron chi connectivity index (χ2n) is 18.3. The summed E-state index contributed by atoms with van der Waals surface area (Å²) in [6.45, 7) is 0. The van der Waals surface area contributed by atoms with Crippen molar-refractivity contribution >= 4 is 28.8 Å². The minimum atomic E-state index is -2.82. The van der Waals surface area contributed by atoms with Gasteiger partial charge in [0.1, 0.15) is 0 Å². The first-order valence-electron chi connectivity index (χ1n) is 24.8. The molecular formula is C69H49N3Si. The van der Waals surface area contributed by atoms with E-state index in [0.29, 0.717) is 17.5 Å². The smallest absolute Gasteiger partial charge is 0.179 e. The van der Waals surface area contributed by atoms with Crippen molar-refractivity contribution < 1.29 is 0 Å². The second kappa shape index (κ2) is 20.2. The Balaban J connectivity index is 0.984. The molecule has 344 valence electrons. The molecule has 12 aromatic rings. The van der Waals surface area contributed by atoms with Crippen LogP contribution in [0.25, 0.3) is 89.8 Å². The third kappa shape index (κ3) is 8.93. The van der Waals surface area contributed by atoms with Gasteiger partial charge in [-0.2, -0.15) is 0 Å². The van der Waals surface area contributed by atoms with Crippen LogP contribution in [0.2, 0.25) is 0 Å². The Hall–Kier alpha value is -9.35. The summed E-state index contributed by atoms with van der Waals surface area (Å²) in [6, 6.07) is 107. The second-order valence-corrected chi connectivity index (χ2v) is 22.1. The summed E-state index contributed by atoms with van der Waals surface area (Å²) in [4.78, 5) is 14.8. The average Bonchev–Trinajstić information content (AvgIpc) is 3.49. The molecule has 0 atom stereocenters. The minimum Gasteiger partial charge on any atom is -0.208 e. The molecule has 0 amide bonds. The number of aromatic nitrogens is 3. The Morgan fingerprint density at radius 2 is 0.479 bits per heavy atom. The molecule has 0 saturated carbocycles. The highest BCUT2D eigenvalue weighted by Crippen LogP contribution is 2.44. The fourth-order valence-corrected chi connectivity index (χ4v) is 15.2. The molecular weight excluding hydrogens is 899 g/mol. The van der Waals surface area contributed by atoms with Crippen LogP contribution < -0.4 is 20.7 Å². The van der Waals surface area contributed by atoms with Crippen molar-refractivity contribution in [3.8, 4) is 89.8 Å². The largest absolute Gasteiger partial charge is 0.208 e. The van der Waals surface area contributed by atoms with Crippen molar-refractivity contribution in [1.82, 2.24) is 15.0 Å². The lowest BCUT2D eigenvalue weighted by Gasteiger charge is -2.34. The first kappa shape index (κ1) is 44.8. The lowest BCUT2D eigenvalue weighted by molar-refractivity contribution is 1.07. The molecule has 0 fully saturated rings. The van der Waals surface area contributed by atoms with E-state index in [-0.39, 0.29) is 0 Å². The van der Waals surface area contributed by atoms with E-state index in [4.69, 9.17) is 15.0 Å². The Labute approximate surface area is 428 Å². The molecule has 1 heterocycles. The number of rotatable bonds is 12. The van der Waals surface area contributed by atoms with Crippen LogP contribution in [-0.2, 0) is 0 Å². The molecule has 3 nitrogen and oxygen atoms in total. The van der Waals surface area contributed by atoms with E-state index in [2.05, 4.69) is 237 Å². The maximum atomic E-state index is 4.98. The Morgan fingerprint density at radius 3 is 0.904 bits per heavy atom. The predicted molar refractivity (Wildman–Crippen MR) is 307 cm³/mol. The van der Waals surface area contributed by atoms with E-state index in [0.717, 1.165) is 38.9 Å². The predicted octanol–water partition coefficient (Wildman–Crippen LogP) is 14.6. The van der Waals surface area contributed by atoms with Gasteiger partial charge in [0, 0.05) is 16.7 Å². The molecule has 0 aliphatic rings. The summed E-state index contributed by atoms with van der Waals surface area (Å²) in [5.41, 5.74) is 14.4. The van der Waals surface area contributed by atoms with E-state index in [1.807, 2.05) is 60.7 Å². The molecule has 0 bridgehead atoms. The highest BCUT2D eigenvalue weighted by molar-refractivity contribution is 7.19. The molecule has 0 N–H and O–H groups in total. The third-order valence-corrected chi connectivity index (χ3v) is 18.7. The molecule has 0 radical (unpaired) electrons. The SMILES string of the molecule is c1ccc(-c2cc(-c3ccc(-c4ccc(-c5nc(-c6ccccc6)nc(-c6ccccc6)n5)cc4)cc3)c(-c3ccccc3)c(-c3cccc([Si](c4ccccc4)(c4ccccc4)c4ccccc4)c3)c2)cc1. The van der Waals surface area contributed by atoms with Gasteiger partial charge in [0.2, 0.25) is 0 Å². The molecule has 11 aromatic carbocycles. The monoisotopic (exact) mass is 947 g/mol. The molecule has 4 heteroatoms. The number of benzene rings is 11. The van der Waals surface area contributed by atoms with Gasteiger partial charge in [-0.3, -0.25) is 0 Å². The standard InChI is InChI=1S/C69H49N3Si/c1-8-23-50(24-9-1)59-48-64(53-43-39-51(40-44-53)52-41-45-57(46-42-52)69-71-67(55-27-12-3-13-28-55)70-68(72-69)56-29-14-4-15-30-56)66(54-25-10-2-11-26-54)65(49-59)58-31-22-38-63(47-58)73(60-32-16-5-17-33-60,61-34-18-6-19-35-61)62-36-20-7-21-37-62/h1-49H. The van der Waals surface area contributed by atoms with Gasteiger partial charge < -0.3 is 0 Å². The number of nitrogens with zero attached hydrogens (tertiary/aromatic N) is 3. The van der Waals surface area contributed by atoms with Gasteiger partial charge in [0.25, 0.3) is 0 Å². The van der Waals surface area contributed by atoms with Gasteiger partial charge in [0.15, 0.2) is 25.5 Å². The average molecular weight is 948 g/mol. The summed E-state index contributed by atoms with van der Waals surface area (Å²) in [6.07, 6.45) is 0. The maximum Gasteiger partial charge on any atom is 0.179 e. The van der Waals surface area contributed by atoms with Crippen LogP contribution in [0.4, 0.5) is 0 Å². The molecule has 73 heavy (non-hydrogen) atoms.